The second-order valence-corrected chi connectivity index (χ2v) is 4.77. The second-order valence-electron chi connectivity index (χ2n) is 3.95. The number of carbonyl (C=O) groups is 1. The highest BCUT2D eigenvalue weighted by Crippen LogP contribution is 1.86. The number of hydrogen-bond donors (Lipinski definition) is 5. The van der Waals surface area contributed by atoms with Crippen LogP contribution < -0.4 is 21.5 Å². The molecular formula is C11H20N6O2S2. The van der Waals surface area contributed by atoms with Gasteiger partial charge in [0.1, 0.15) is 0 Å². The first-order valence-corrected chi connectivity index (χ1v) is 7.00. The Morgan fingerprint density at radius 1 is 1.10 bits per heavy atom. The quantitative estimate of drug-likeness (QED) is 0.194. The third kappa shape index (κ3) is 10.6. The molecule has 118 valence electrons. The molecule has 8 nitrogen and oxygen atoms in total. The lowest BCUT2D eigenvalue weighted by molar-refractivity contribution is -0.137. The molecule has 0 rings (SSSR count). The standard InChI is InChI=1S/C11H20N6O2S2/c1-7(14-16-10(20)12-3)8(2)15-17-11(21)13-6-4-5-9(18)19/h4-6H2,1-3H3,(H,18,19)(H2,12,16,20)(H2,13,17,21). The average molecular weight is 332 g/mol. The Balaban J connectivity index is 4.11. The van der Waals surface area contributed by atoms with Gasteiger partial charge >= 0.3 is 5.97 Å². The summed E-state index contributed by atoms with van der Waals surface area (Å²) in [5.41, 5.74) is 6.59. The normalized spacial score (nSPS) is 11.6. The zero-order valence-electron chi connectivity index (χ0n) is 12.2. The van der Waals surface area contributed by atoms with Gasteiger partial charge in [0.15, 0.2) is 10.2 Å². The van der Waals surface area contributed by atoms with Crippen molar-refractivity contribution in [2.75, 3.05) is 13.6 Å². The summed E-state index contributed by atoms with van der Waals surface area (Å²) in [7, 11) is 1.69. The van der Waals surface area contributed by atoms with E-state index in [0.29, 0.717) is 34.6 Å². The number of carboxylic acid groups (broad SMARTS) is 1. The fraction of sp³-hybridized carbons (Fsp3) is 0.545. The predicted octanol–water partition coefficient (Wildman–Crippen LogP) is 0.161. The molecule has 0 aliphatic rings. The Hall–Kier alpha value is -1.81. The van der Waals surface area contributed by atoms with Gasteiger partial charge in [0.25, 0.3) is 0 Å². The number of thiocarbonyl (C=S) groups is 2. The summed E-state index contributed by atoms with van der Waals surface area (Å²) >= 11 is 9.89. The SMILES string of the molecule is CNC(=S)NN=C(C)C(C)=NNC(=S)NCCCC(=O)O. The van der Waals surface area contributed by atoms with Gasteiger partial charge in [0, 0.05) is 20.0 Å². The van der Waals surface area contributed by atoms with Crippen LogP contribution in [0, 0.1) is 0 Å². The van der Waals surface area contributed by atoms with E-state index in [1.165, 1.54) is 0 Å². The zero-order chi connectivity index (χ0) is 16.3. The molecule has 0 heterocycles. The van der Waals surface area contributed by atoms with E-state index in [1.54, 1.807) is 20.9 Å². The number of rotatable bonds is 7. The Labute approximate surface area is 134 Å². The van der Waals surface area contributed by atoms with E-state index < -0.39 is 5.97 Å². The number of nitrogens with zero attached hydrogens (tertiary/aromatic N) is 2. The van der Waals surface area contributed by atoms with E-state index in [4.69, 9.17) is 29.5 Å². The summed E-state index contributed by atoms with van der Waals surface area (Å²) in [6.07, 6.45) is 0.590. The zero-order valence-corrected chi connectivity index (χ0v) is 13.8. The van der Waals surface area contributed by atoms with Crippen LogP contribution in [0.15, 0.2) is 10.2 Å². The van der Waals surface area contributed by atoms with E-state index in [2.05, 4.69) is 31.7 Å². The second kappa shape index (κ2) is 10.9. The Kier molecular flexibility index (Phi) is 9.98. The predicted molar refractivity (Wildman–Crippen MR) is 91.6 cm³/mol. The number of aliphatic carboxylic acids is 1. The highest BCUT2D eigenvalue weighted by Gasteiger charge is 2.00. The highest BCUT2D eigenvalue weighted by molar-refractivity contribution is 7.80. The van der Waals surface area contributed by atoms with Crippen LogP contribution in [-0.2, 0) is 4.79 Å². The van der Waals surface area contributed by atoms with E-state index in [0.717, 1.165) is 0 Å². The fourth-order valence-electron chi connectivity index (χ4n) is 0.968. The lowest BCUT2D eigenvalue weighted by Gasteiger charge is -2.07. The maximum atomic E-state index is 10.3. The first-order valence-electron chi connectivity index (χ1n) is 6.19. The molecule has 0 spiro atoms. The molecule has 0 aliphatic carbocycles. The van der Waals surface area contributed by atoms with Crippen molar-refractivity contribution in [3.05, 3.63) is 0 Å². The largest absolute Gasteiger partial charge is 0.481 e. The van der Waals surface area contributed by atoms with E-state index in [9.17, 15) is 4.79 Å². The summed E-state index contributed by atoms with van der Waals surface area (Å²) in [5.74, 6) is -0.830. The van der Waals surface area contributed by atoms with Gasteiger partial charge < -0.3 is 15.7 Å². The Bertz CT molecular complexity index is 450. The molecule has 0 aromatic heterocycles. The lowest BCUT2D eigenvalue weighted by Crippen LogP contribution is -2.34. The van der Waals surface area contributed by atoms with Crippen LogP contribution in [0.5, 0.6) is 0 Å². The van der Waals surface area contributed by atoms with Crippen LogP contribution in [0.4, 0.5) is 0 Å². The monoisotopic (exact) mass is 332 g/mol. The van der Waals surface area contributed by atoms with Crippen LogP contribution >= 0.6 is 24.4 Å². The van der Waals surface area contributed by atoms with E-state index in [-0.39, 0.29) is 6.42 Å². The van der Waals surface area contributed by atoms with Crippen molar-refractivity contribution in [3.8, 4) is 0 Å². The van der Waals surface area contributed by atoms with E-state index >= 15 is 0 Å². The molecule has 0 aromatic rings. The molecule has 0 atom stereocenters. The maximum Gasteiger partial charge on any atom is 0.303 e. The molecule has 0 aliphatic heterocycles. The van der Waals surface area contributed by atoms with Gasteiger partial charge in [-0.05, 0) is 44.7 Å². The maximum absolute atomic E-state index is 10.3. The van der Waals surface area contributed by atoms with Gasteiger partial charge in [-0.2, -0.15) is 10.2 Å². The van der Waals surface area contributed by atoms with Crippen molar-refractivity contribution < 1.29 is 9.90 Å². The molecule has 0 bridgehead atoms. The van der Waals surface area contributed by atoms with Gasteiger partial charge in [0.05, 0.1) is 11.4 Å². The van der Waals surface area contributed by atoms with E-state index in [1.807, 2.05) is 0 Å². The number of hydrazone groups is 2. The third-order valence-corrected chi connectivity index (χ3v) is 2.78. The average Bonchev–Trinajstić information content (AvgIpc) is 2.45. The molecule has 10 heteroatoms. The first-order chi connectivity index (χ1) is 9.86. The summed E-state index contributed by atoms with van der Waals surface area (Å²) in [5, 5.41) is 22.9. The van der Waals surface area contributed by atoms with Crippen LogP contribution in [0.25, 0.3) is 0 Å². The van der Waals surface area contributed by atoms with Gasteiger partial charge in [-0.15, -0.1) is 0 Å². The van der Waals surface area contributed by atoms with Crippen molar-refractivity contribution in [1.29, 1.82) is 0 Å². The summed E-state index contributed by atoms with van der Waals surface area (Å²) in [6.45, 7) is 4.01. The van der Waals surface area contributed by atoms with Crippen LogP contribution in [0.1, 0.15) is 26.7 Å². The summed E-state index contributed by atoms with van der Waals surface area (Å²) in [4.78, 5) is 10.3. The van der Waals surface area contributed by atoms with Gasteiger partial charge in [-0.25, -0.2) is 0 Å². The van der Waals surface area contributed by atoms with Gasteiger partial charge in [-0.3, -0.25) is 15.6 Å². The number of nitrogens with one attached hydrogen (secondary N) is 4. The molecule has 0 saturated carbocycles. The minimum atomic E-state index is -0.830. The van der Waals surface area contributed by atoms with Crippen LogP contribution in [0.2, 0.25) is 0 Å². The van der Waals surface area contributed by atoms with Crippen molar-refractivity contribution >= 4 is 52.1 Å². The van der Waals surface area contributed by atoms with Crippen molar-refractivity contribution in [1.82, 2.24) is 21.5 Å². The molecule has 21 heavy (non-hydrogen) atoms. The molecule has 0 amide bonds. The highest BCUT2D eigenvalue weighted by atomic mass is 32.1. The molecule has 0 saturated heterocycles. The smallest absolute Gasteiger partial charge is 0.303 e. The fourth-order valence-corrected chi connectivity index (χ4v) is 1.16. The van der Waals surface area contributed by atoms with Gasteiger partial charge in [-0.1, -0.05) is 0 Å². The molecule has 0 unspecified atom stereocenters. The van der Waals surface area contributed by atoms with Gasteiger partial charge in [0.2, 0.25) is 0 Å². The minimum Gasteiger partial charge on any atom is -0.481 e. The molecule has 0 radical (unpaired) electrons. The minimum absolute atomic E-state index is 0.0979. The number of hydrogen-bond acceptors (Lipinski definition) is 5. The van der Waals surface area contributed by atoms with Crippen molar-refractivity contribution in [2.45, 2.75) is 26.7 Å². The molecule has 0 fully saturated rings. The van der Waals surface area contributed by atoms with Crippen molar-refractivity contribution in [2.24, 2.45) is 10.2 Å². The number of carboxylic acids is 1. The summed E-state index contributed by atoms with van der Waals surface area (Å²) in [6, 6.07) is 0. The Morgan fingerprint density at radius 3 is 2.10 bits per heavy atom. The lowest BCUT2D eigenvalue weighted by atomic mass is 10.3. The molecule has 5 N–H and O–H groups in total. The molecular weight excluding hydrogens is 312 g/mol. The van der Waals surface area contributed by atoms with Crippen LogP contribution in [-0.4, -0.2) is 46.3 Å². The topological polar surface area (TPSA) is 110 Å². The van der Waals surface area contributed by atoms with Crippen molar-refractivity contribution in [3.63, 3.8) is 0 Å². The summed E-state index contributed by atoms with van der Waals surface area (Å²) < 4.78 is 0. The first kappa shape index (κ1) is 19.2. The third-order valence-electron chi connectivity index (χ3n) is 2.25. The molecule has 0 aromatic carbocycles. The Morgan fingerprint density at radius 2 is 1.62 bits per heavy atom. The van der Waals surface area contributed by atoms with Crippen LogP contribution in [0.3, 0.4) is 0 Å².